The summed E-state index contributed by atoms with van der Waals surface area (Å²) in [6, 6.07) is 5.79. The van der Waals surface area contributed by atoms with Crippen LogP contribution in [0.2, 0.25) is 0 Å². The van der Waals surface area contributed by atoms with E-state index in [2.05, 4.69) is 10.2 Å². The molecule has 1 saturated heterocycles. The molecule has 7 nitrogen and oxygen atoms in total. The van der Waals surface area contributed by atoms with Crippen molar-refractivity contribution in [1.29, 1.82) is 0 Å². The fourth-order valence-electron chi connectivity index (χ4n) is 5.73. The number of H-pyrrole nitrogens is 1. The van der Waals surface area contributed by atoms with Crippen molar-refractivity contribution < 1.29 is 26.4 Å². The molecule has 0 radical (unpaired) electrons. The Morgan fingerprint density at radius 3 is 2.45 bits per heavy atom. The summed E-state index contributed by atoms with van der Waals surface area (Å²) in [4.78, 5) is 14.9. The molecule has 0 unspecified atom stereocenters. The van der Waals surface area contributed by atoms with Gasteiger partial charge in [-0.15, -0.1) is 0 Å². The van der Waals surface area contributed by atoms with Crippen molar-refractivity contribution >= 4 is 15.9 Å². The van der Waals surface area contributed by atoms with Crippen molar-refractivity contribution in [2.75, 3.05) is 25.9 Å². The van der Waals surface area contributed by atoms with Gasteiger partial charge in [-0.05, 0) is 48.6 Å². The lowest BCUT2D eigenvalue weighted by Gasteiger charge is -2.25. The summed E-state index contributed by atoms with van der Waals surface area (Å²) in [6.07, 6.45) is -1.55. The molecule has 1 aliphatic carbocycles. The zero-order valence-corrected chi connectivity index (χ0v) is 18.9. The number of likely N-dealkylation sites (tertiary alicyclic amines) is 1. The molecular formula is C22H25F3N4O3S. The van der Waals surface area contributed by atoms with Crippen LogP contribution in [0.3, 0.4) is 0 Å². The standard InChI is InChI=1S/C22H25F3N4O3S/c1-33(31,32)29-7-6-17-19(12-29)26-27-20(17)21(30)28-10-14-8-13(9-15(14)11-28)16-4-2-3-5-18(16)22(23,24)25/h2-5,13-15H,6-12H2,1H3,(H,26,27)/t13-,14-,15+. The van der Waals surface area contributed by atoms with Gasteiger partial charge in [0, 0.05) is 25.2 Å². The largest absolute Gasteiger partial charge is 0.416 e. The van der Waals surface area contributed by atoms with Crippen LogP contribution >= 0.6 is 0 Å². The Hall–Kier alpha value is -2.40. The number of nitrogens with one attached hydrogen (secondary N) is 1. The first-order chi connectivity index (χ1) is 15.5. The molecule has 1 amide bonds. The fourth-order valence-corrected chi connectivity index (χ4v) is 6.52. The third-order valence-electron chi connectivity index (χ3n) is 7.31. The second kappa shape index (κ2) is 7.83. The lowest BCUT2D eigenvalue weighted by atomic mass is 9.91. The van der Waals surface area contributed by atoms with Crippen LogP contribution in [-0.2, 0) is 29.2 Å². The zero-order valence-electron chi connectivity index (χ0n) is 18.1. The Labute approximate surface area is 190 Å². The summed E-state index contributed by atoms with van der Waals surface area (Å²) in [6.45, 7) is 1.48. The van der Waals surface area contributed by atoms with E-state index in [-0.39, 0.29) is 30.2 Å². The average Bonchev–Trinajstić information content (AvgIpc) is 3.44. The Bertz CT molecular complexity index is 1180. The van der Waals surface area contributed by atoms with Gasteiger partial charge in [-0.2, -0.15) is 22.6 Å². The van der Waals surface area contributed by atoms with E-state index in [1.165, 1.54) is 10.4 Å². The minimum absolute atomic E-state index is 0.157. The van der Waals surface area contributed by atoms with Gasteiger partial charge in [0.1, 0.15) is 0 Å². The van der Waals surface area contributed by atoms with Crippen LogP contribution < -0.4 is 0 Å². The number of fused-ring (bicyclic) bond motifs is 2. The van der Waals surface area contributed by atoms with Gasteiger partial charge in [-0.3, -0.25) is 9.89 Å². The van der Waals surface area contributed by atoms with Crippen molar-refractivity contribution in [2.45, 2.75) is 37.9 Å². The Balaban J connectivity index is 1.28. The molecule has 2 fully saturated rings. The lowest BCUT2D eigenvalue weighted by Crippen LogP contribution is -2.36. The van der Waals surface area contributed by atoms with Crippen molar-refractivity contribution in [2.24, 2.45) is 11.8 Å². The predicted octanol–water partition coefficient (Wildman–Crippen LogP) is 3.01. The van der Waals surface area contributed by atoms with E-state index in [1.807, 2.05) is 0 Å². The molecule has 0 spiro atoms. The maximum atomic E-state index is 13.4. The second-order valence-corrected chi connectivity index (χ2v) is 11.3. The van der Waals surface area contributed by atoms with Gasteiger partial charge in [0.25, 0.3) is 5.91 Å². The number of halogens is 3. The van der Waals surface area contributed by atoms with Gasteiger partial charge >= 0.3 is 6.18 Å². The van der Waals surface area contributed by atoms with Crippen LogP contribution in [0.5, 0.6) is 0 Å². The molecule has 2 aliphatic heterocycles. The van der Waals surface area contributed by atoms with E-state index in [9.17, 15) is 26.4 Å². The van der Waals surface area contributed by atoms with E-state index in [4.69, 9.17) is 0 Å². The van der Waals surface area contributed by atoms with Crippen LogP contribution in [0, 0.1) is 11.8 Å². The van der Waals surface area contributed by atoms with Crippen molar-refractivity contribution in [3.63, 3.8) is 0 Å². The van der Waals surface area contributed by atoms with Crippen LogP contribution in [-0.4, -0.2) is 59.6 Å². The van der Waals surface area contributed by atoms with Crippen molar-refractivity contribution in [3.05, 3.63) is 52.3 Å². The maximum Gasteiger partial charge on any atom is 0.416 e. The molecule has 33 heavy (non-hydrogen) atoms. The first-order valence-corrected chi connectivity index (χ1v) is 12.8. The van der Waals surface area contributed by atoms with Gasteiger partial charge in [-0.1, -0.05) is 18.2 Å². The Kier molecular flexibility index (Phi) is 5.32. The number of sulfonamides is 1. The molecule has 3 aliphatic rings. The van der Waals surface area contributed by atoms with Crippen molar-refractivity contribution in [1.82, 2.24) is 19.4 Å². The second-order valence-electron chi connectivity index (χ2n) is 9.36. The normalized spacial score (nSPS) is 25.8. The van der Waals surface area contributed by atoms with E-state index in [0.717, 1.165) is 17.9 Å². The lowest BCUT2D eigenvalue weighted by molar-refractivity contribution is -0.138. The number of benzene rings is 1. The smallest absolute Gasteiger partial charge is 0.337 e. The molecule has 0 bridgehead atoms. The summed E-state index contributed by atoms with van der Waals surface area (Å²) < 4.78 is 65.3. The molecule has 1 N–H and O–H groups in total. The van der Waals surface area contributed by atoms with Gasteiger partial charge in [0.05, 0.1) is 24.1 Å². The van der Waals surface area contributed by atoms with Crippen LogP contribution in [0.15, 0.2) is 24.3 Å². The number of rotatable bonds is 3. The summed E-state index contributed by atoms with van der Waals surface area (Å²) in [5, 5.41) is 7.01. The third-order valence-corrected chi connectivity index (χ3v) is 8.56. The van der Waals surface area contributed by atoms with Crippen molar-refractivity contribution in [3.8, 4) is 0 Å². The summed E-state index contributed by atoms with van der Waals surface area (Å²) in [5.74, 6) is -0.0244. The highest BCUT2D eigenvalue weighted by molar-refractivity contribution is 7.88. The number of hydrogen-bond donors (Lipinski definition) is 1. The minimum Gasteiger partial charge on any atom is -0.337 e. The molecule has 11 heteroatoms. The number of amides is 1. The SMILES string of the molecule is CS(=O)(=O)N1CCc2c(C(=O)N3C[C@H]4C[C@@H](c5ccccc5C(F)(F)F)C[C@H]4C3)n[nH]c2C1. The topological polar surface area (TPSA) is 86.4 Å². The van der Waals surface area contributed by atoms with Crippen LogP contribution in [0.1, 0.15) is 51.6 Å². The summed E-state index contributed by atoms with van der Waals surface area (Å²) >= 11 is 0. The third kappa shape index (κ3) is 4.05. The zero-order chi connectivity index (χ0) is 23.5. The number of carbonyl (C=O) groups excluding carboxylic acids is 1. The highest BCUT2D eigenvalue weighted by Crippen LogP contribution is 2.49. The van der Waals surface area contributed by atoms with Gasteiger partial charge in [0.2, 0.25) is 10.0 Å². The number of carbonyl (C=O) groups is 1. The fraction of sp³-hybridized carbons (Fsp3) is 0.545. The molecule has 5 rings (SSSR count). The van der Waals surface area contributed by atoms with Gasteiger partial charge < -0.3 is 4.90 Å². The molecule has 2 aromatic rings. The number of nitrogens with zero attached hydrogens (tertiary/aromatic N) is 3. The summed E-state index contributed by atoms with van der Waals surface area (Å²) in [5.41, 5.74) is 1.52. The Morgan fingerprint density at radius 1 is 1.15 bits per heavy atom. The van der Waals surface area contributed by atoms with Gasteiger partial charge in [0.15, 0.2) is 5.69 Å². The Morgan fingerprint density at radius 2 is 1.82 bits per heavy atom. The molecule has 1 aromatic heterocycles. The number of aromatic amines is 1. The van der Waals surface area contributed by atoms with E-state index in [1.54, 1.807) is 17.0 Å². The quantitative estimate of drug-likeness (QED) is 0.729. The molecule has 1 saturated carbocycles. The predicted molar refractivity (Wildman–Crippen MR) is 114 cm³/mol. The van der Waals surface area contributed by atoms with Gasteiger partial charge in [-0.25, -0.2) is 8.42 Å². The molecule has 3 heterocycles. The average molecular weight is 483 g/mol. The van der Waals surface area contributed by atoms with Crippen LogP contribution in [0.4, 0.5) is 13.2 Å². The highest BCUT2D eigenvalue weighted by atomic mass is 32.2. The van der Waals surface area contributed by atoms with E-state index in [0.29, 0.717) is 55.8 Å². The first-order valence-electron chi connectivity index (χ1n) is 11.0. The summed E-state index contributed by atoms with van der Waals surface area (Å²) in [7, 11) is -3.33. The molecule has 1 aromatic carbocycles. The van der Waals surface area contributed by atoms with Crippen LogP contribution in [0.25, 0.3) is 0 Å². The number of aromatic nitrogens is 2. The molecule has 3 atom stereocenters. The minimum atomic E-state index is -4.37. The van der Waals surface area contributed by atoms with E-state index < -0.39 is 21.8 Å². The highest BCUT2D eigenvalue weighted by Gasteiger charge is 2.45. The number of alkyl halides is 3. The maximum absolute atomic E-state index is 13.4. The number of hydrogen-bond acceptors (Lipinski definition) is 4. The first kappa shape index (κ1) is 22.4. The van der Waals surface area contributed by atoms with E-state index >= 15 is 0 Å². The molecule has 178 valence electrons. The molecular weight excluding hydrogens is 457 g/mol. The monoisotopic (exact) mass is 482 g/mol.